The monoisotopic (exact) mass is 406 g/mol. The number of benzene rings is 2. The first-order valence-electron chi connectivity index (χ1n) is 9.76. The van der Waals surface area contributed by atoms with E-state index >= 15 is 0 Å². The lowest BCUT2D eigenvalue weighted by Gasteiger charge is -2.41. The van der Waals surface area contributed by atoms with Gasteiger partial charge >= 0.3 is 6.18 Å². The van der Waals surface area contributed by atoms with Crippen molar-refractivity contribution in [2.75, 3.05) is 0 Å². The number of fused-ring (bicyclic) bond motifs is 2. The van der Waals surface area contributed by atoms with E-state index in [1.165, 1.54) is 12.1 Å². The lowest BCUT2D eigenvalue weighted by atomic mass is 9.78. The van der Waals surface area contributed by atoms with Crippen LogP contribution in [0.4, 0.5) is 13.2 Å². The van der Waals surface area contributed by atoms with Gasteiger partial charge < -0.3 is 14.6 Å². The Kier molecular flexibility index (Phi) is 4.43. The minimum atomic E-state index is -4.40. The number of aliphatic hydroxyl groups is 1. The first-order valence-corrected chi connectivity index (χ1v) is 9.76. The van der Waals surface area contributed by atoms with E-state index in [0.717, 1.165) is 11.6 Å². The molecule has 2 aromatic carbocycles. The van der Waals surface area contributed by atoms with Gasteiger partial charge in [0, 0.05) is 29.5 Å². The molecule has 2 atom stereocenters. The topological polar surface area (TPSA) is 38.7 Å². The van der Waals surface area contributed by atoms with Crippen LogP contribution in [-0.2, 0) is 6.18 Å². The van der Waals surface area contributed by atoms with Gasteiger partial charge in [-0.2, -0.15) is 13.2 Å². The fraction of sp³-hybridized carbons (Fsp3) is 0.478. The van der Waals surface area contributed by atoms with Crippen molar-refractivity contribution in [1.82, 2.24) is 0 Å². The maximum Gasteiger partial charge on any atom is 0.416 e. The first kappa shape index (κ1) is 20.1. The van der Waals surface area contributed by atoms with Gasteiger partial charge in [0.15, 0.2) is 0 Å². The van der Waals surface area contributed by atoms with Crippen molar-refractivity contribution in [2.24, 2.45) is 0 Å². The molecular weight excluding hydrogens is 381 g/mol. The van der Waals surface area contributed by atoms with E-state index in [9.17, 15) is 18.3 Å². The Morgan fingerprint density at radius 3 is 2.17 bits per heavy atom. The maximum atomic E-state index is 13.3. The van der Waals surface area contributed by atoms with E-state index < -0.39 is 29.0 Å². The quantitative estimate of drug-likeness (QED) is 0.632. The highest BCUT2D eigenvalue weighted by atomic mass is 19.4. The normalized spacial score (nSPS) is 24.7. The Labute approximate surface area is 168 Å². The summed E-state index contributed by atoms with van der Waals surface area (Å²) in [5.41, 5.74) is 0.301. The molecule has 29 heavy (non-hydrogen) atoms. The van der Waals surface area contributed by atoms with E-state index in [1.807, 2.05) is 33.8 Å². The number of hydrogen-bond donors (Lipinski definition) is 1. The summed E-state index contributed by atoms with van der Waals surface area (Å²) in [5, 5.41) is 10.6. The van der Waals surface area contributed by atoms with Gasteiger partial charge in [0.05, 0.1) is 11.7 Å². The largest absolute Gasteiger partial charge is 0.487 e. The summed E-state index contributed by atoms with van der Waals surface area (Å²) >= 11 is 0. The molecule has 0 bridgehead atoms. The van der Waals surface area contributed by atoms with Gasteiger partial charge in [-0.3, -0.25) is 0 Å². The van der Waals surface area contributed by atoms with Crippen LogP contribution in [-0.4, -0.2) is 16.3 Å². The van der Waals surface area contributed by atoms with Crippen molar-refractivity contribution in [2.45, 2.75) is 69.9 Å². The molecule has 0 saturated heterocycles. The van der Waals surface area contributed by atoms with E-state index in [1.54, 1.807) is 12.1 Å². The molecule has 2 aromatic rings. The van der Waals surface area contributed by atoms with Crippen molar-refractivity contribution in [3.63, 3.8) is 0 Å². The summed E-state index contributed by atoms with van der Waals surface area (Å²) in [6, 6.07) is 9.08. The smallest absolute Gasteiger partial charge is 0.416 e. The summed E-state index contributed by atoms with van der Waals surface area (Å²) in [4.78, 5) is 0. The second-order valence-electron chi connectivity index (χ2n) is 9.25. The fourth-order valence-corrected chi connectivity index (χ4v) is 4.39. The number of hydrogen-bond acceptors (Lipinski definition) is 3. The molecule has 0 aliphatic carbocycles. The zero-order valence-corrected chi connectivity index (χ0v) is 16.9. The molecule has 0 saturated carbocycles. The zero-order chi connectivity index (χ0) is 21.2. The van der Waals surface area contributed by atoms with Gasteiger partial charge in [0.2, 0.25) is 0 Å². The Morgan fingerprint density at radius 2 is 1.52 bits per heavy atom. The number of aliphatic hydroxyl groups excluding tert-OH is 1. The highest BCUT2D eigenvalue weighted by Crippen LogP contribution is 2.50. The van der Waals surface area contributed by atoms with E-state index in [4.69, 9.17) is 9.47 Å². The molecule has 1 N–H and O–H groups in total. The highest BCUT2D eigenvalue weighted by molar-refractivity contribution is 5.54. The van der Waals surface area contributed by atoms with Crippen LogP contribution in [0.3, 0.4) is 0 Å². The molecule has 0 fully saturated rings. The molecule has 2 unspecified atom stereocenters. The Hall–Kier alpha value is -2.21. The van der Waals surface area contributed by atoms with Gasteiger partial charge in [0.1, 0.15) is 22.7 Å². The number of rotatable bonds is 1. The van der Waals surface area contributed by atoms with Gasteiger partial charge in [-0.1, -0.05) is 18.2 Å². The summed E-state index contributed by atoms with van der Waals surface area (Å²) in [5.74, 6) is 0.879. The van der Waals surface area contributed by atoms with Gasteiger partial charge in [-0.25, -0.2) is 0 Å². The van der Waals surface area contributed by atoms with E-state index in [2.05, 4.69) is 0 Å². The van der Waals surface area contributed by atoms with Crippen molar-refractivity contribution < 1.29 is 27.8 Å². The highest BCUT2D eigenvalue weighted by Gasteiger charge is 2.40. The minimum absolute atomic E-state index is 0.275. The predicted octanol–water partition coefficient (Wildman–Crippen LogP) is 5.99. The molecular formula is C23H25F3O3. The van der Waals surface area contributed by atoms with Crippen LogP contribution in [0.1, 0.15) is 74.8 Å². The van der Waals surface area contributed by atoms with Gasteiger partial charge in [-0.15, -0.1) is 0 Å². The van der Waals surface area contributed by atoms with E-state index in [0.29, 0.717) is 35.5 Å². The molecule has 2 aliphatic rings. The van der Waals surface area contributed by atoms with Gasteiger partial charge in [0.25, 0.3) is 0 Å². The summed E-state index contributed by atoms with van der Waals surface area (Å²) < 4.78 is 52.0. The lowest BCUT2D eigenvalue weighted by molar-refractivity contribution is -0.137. The van der Waals surface area contributed by atoms with Crippen LogP contribution in [0.2, 0.25) is 0 Å². The first-order chi connectivity index (χ1) is 13.3. The molecule has 6 heteroatoms. The van der Waals surface area contributed by atoms with Crippen LogP contribution >= 0.6 is 0 Å². The molecule has 3 nitrogen and oxygen atoms in total. The van der Waals surface area contributed by atoms with Crippen LogP contribution in [0, 0.1) is 0 Å². The summed E-state index contributed by atoms with van der Waals surface area (Å²) in [6.07, 6.45) is -4.12. The zero-order valence-electron chi connectivity index (χ0n) is 16.9. The second kappa shape index (κ2) is 6.39. The second-order valence-corrected chi connectivity index (χ2v) is 9.25. The SMILES string of the molecule is CC1(C)CC(O)c2cc3c(cc2O1)OC(C)(C)CC3c1cccc(C(F)(F)F)c1. The predicted molar refractivity (Wildman–Crippen MR) is 103 cm³/mol. The molecule has 0 spiro atoms. The van der Waals surface area contributed by atoms with E-state index in [-0.39, 0.29) is 5.92 Å². The molecule has 156 valence electrons. The Morgan fingerprint density at radius 1 is 0.897 bits per heavy atom. The maximum absolute atomic E-state index is 13.3. The Bertz CT molecular complexity index is 947. The third kappa shape index (κ3) is 3.82. The van der Waals surface area contributed by atoms with Crippen LogP contribution < -0.4 is 9.47 Å². The van der Waals surface area contributed by atoms with Gasteiger partial charge in [-0.05, 0) is 51.8 Å². The van der Waals surface area contributed by atoms with Crippen molar-refractivity contribution >= 4 is 0 Å². The minimum Gasteiger partial charge on any atom is -0.487 e. The Balaban J connectivity index is 1.84. The third-order valence-electron chi connectivity index (χ3n) is 5.65. The standard InChI is InChI=1S/C23H25F3O3/c1-21(2)11-17(13-6-5-7-14(8-13)23(24,25)26)15-9-16-18(27)12-22(3,4)29-20(16)10-19(15)28-21/h5-10,17-18,27H,11-12H2,1-4H3. The number of ether oxygens (including phenoxy) is 2. The number of halogens is 3. The molecule has 0 amide bonds. The molecule has 2 heterocycles. The average Bonchev–Trinajstić information content (AvgIpc) is 2.57. The van der Waals surface area contributed by atoms with Crippen molar-refractivity contribution in [3.8, 4) is 11.5 Å². The molecule has 2 aliphatic heterocycles. The molecule has 4 rings (SSSR count). The van der Waals surface area contributed by atoms with Crippen molar-refractivity contribution in [1.29, 1.82) is 0 Å². The van der Waals surface area contributed by atoms with Crippen molar-refractivity contribution in [3.05, 3.63) is 58.7 Å². The third-order valence-corrected chi connectivity index (χ3v) is 5.65. The number of alkyl halides is 3. The molecule has 0 radical (unpaired) electrons. The fourth-order valence-electron chi connectivity index (χ4n) is 4.39. The summed E-state index contributed by atoms with van der Waals surface area (Å²) in [7, 11) is 0. The lowest BCUT2D eigenvalue weighted by Crippen LogP contribution is -2.37. The van der Waals surface area contributed by atoms with Crippen LogP contribution in [0.15, 0.2) is 36.4 Å². The molecule has 0 aromatic heterocycles. The average molecular weight is 406 g/mol. The summed E-state index contributed by atoms with van der Waals surface area (Å²) in [6.45, 7) is 7.68. The van der Waals surface area contributed by atoms with Crippen LogP contribution in [0.25, 0.3) is 0 Å². The van der Waals surface area contributed by atoms with Crippen LogP contribution in [0.5, 0.6) is 11.5 Å².